The van der Waals surface area contributed by atoms with Crippen LogP contribution in [0.25, 0.3) is 34.6 Å². The minimum atomic E-state index is -0.324. The summed E-state index contributed by atoms with van der Waals surface area (Å²) < 4.78 is 25.9. The maximum absolute atomic E-state index is 13.9. The number of hydrogen-bond donors (Lipinski definition) is 2. The first-order valence-corrected chi connectivity index (χ1v) is 11.1. The molecule has 2 heterocycles. The minimum absolute atomic E-state index is 0.0416. The Kier molecular flexibility index (Phi) is 5.01. The van der Waals surface area contributed by atoms with Crippen LogP contribution in [0.5, 0.6) is 17.2 Å². The van der Waals surface area contributed by atoms with Crippen molar-refractivity contribution >= 4 is 29.2 Å². The molecule has 3 aromatic carbocycles. The maximum Gasteiger partial charge on any atom is 0.172 e. The van der Waals surface area contributed by atoms with Crippen molar-refractivity contribution in [3.8, 4) is 28.4 Å². The quantitative estimate of drug-likeness (QED) is 0.434. The number of halogens is 1. The van der Waals surface area contributed by atoms with Crippen molar-refractivity contribution < 1.29 is 19.0 Å². The van der Waals surface area contributed by atoms with E-state index in [1.807, 2.05) is 12.1 Å². The number of nitrogens with one attached hydrogen (secondary N) is 1. The Hall–Kier alpha value is -3.99. The van der Waals surface area contributed by atoms with E-state index in [2.05, 4.69) is 44.8 Å². The average molecular weight is 456 g/mol. The number of methoxy groups -OCH3 is 1. The molecule has 3 aromatic rings. The zero-order valence-electron chi connectivity index (χ0n) is 19.6. The molecule has 0 radical (unpaired) electrons. The van der Waals surface area contributed by atoms with Crippen molar-refractivity contribution in [3.05, 3.63) is 83.2 Å². The van der Waals surface area contributed by atoms with Gasteiger partial charge in [0.2, 0.25) is 0 Å². The van der Waals surface area contributed by atoms with E-state index in [9.17, 15) is 9.50 Å². The largest absolute Gasteiger partial charge is 0.504 e. The summed E-state index contributed by atoms with van der Waals surface area (Å²) in [6, 6.07) is 12.0. The van der Waals surface area contributed by atoms with E-state index in [4.69, 9.17) is 9.47 Å². The molecule has 0 amide bonds. The van der Waals surface area contributed by atoms with Crippen LogP contribution in [0.2, 0.25) is 0 Å². The second-order valence-corrected chi connectivity index (χ2v) is 9.16. The fourth-order valence-corrected chi connectivity index (χ4v) is 4.94. The third kappa shape index (κ3) is 3.45. The normalized spacial score (nSPS) is 16.4. The molecule has 5 rings (SSSR count). The molecule has 4 nitrogen and oxygen atoms in total. The van der Waals surface area contributed by atoms with Crippen molar-refractivity contribution in [2.75, 3.05) is 12.4 Å². The van der Waals surface area contributed by atoms with Gasteiger partial charge >= 0.3 is 0 Å². The fraction of sp³-hybridized carbons (Fsp3) is 0.172. The first-order valence-electron chi connectivity index (χ1n) is 11.1. The smallest absolute Gasteiger partial charge is 0.172 e. The molecule has 0 spiro atoms. The van der Waals surface area contributed by atoms with E-state index in [-0.39, 0.29) is 17.1 Å². The Balaban J connectivity index is 1.85. The zero-order valence-corrected chi connectivity index (χ0v) is 19.6. The highest BCUT2D eigenvalue weighted by Gasteiger charge is 2.33. The average Bonchev–Trinajstić information content (AvgIpc) is 2.79. The summed E-state index contributed by atoms with van der Waals surface area (Å²) in [5.41, 5.74) is 6.82. The Bertz CT molecular complexity index is 1420. The van der Waals surface area contributed by atoms with Crippen LogP contribution in [0.4, 0.5) is 10.1 Å². The van der Waals surface area contributed by atoms with Crippen molar-refractivity contribution in [1.29, 1.82) is 0 Å². The molecule has 0 fully saturated rings. The van der Waals surface area contributed by atoms with Crippen LogP contribution in [0.3, 0.4) is 0 Å². The standard InChI is InChI=1S/C29H26FNO3/c1-6-17-13-19(30)8-7-18(17)14-24-26-20(27-23(34-24)12-11-22(32)28(27)33-5)9-10-21-25(26)16(2)15-29(3,4)31-21/h6-15,31-32H,1H2,2-5H3/b24-14-. The molecular weight excluding hydrogens is 429 g/mol. The summed E-state index contributed by atoms with van der Waals surface area (Å²) in [7, 11) is 1.53. The van der Waals surface area contributed by atoms with Crippen LogP contribution >= 0.6 is 0 Å². The molecule has 2 N–H and O–H groups in total. The Labute approximate surface area is 198 Å². The number of rotatable bonds is 3. The van der Waals surface area contributed by atoms with Crippen LogP contribution in [0.1, 0.15) is 43.0 Å². The summed E-state index contributed by atoms with van der Waals surface area (Å²) in [6.45, 7) is 10.2. The third-order valence-electron chi connectivity index (χ3n) is 6.23. The third-order valence-corrected chi connectivity index (χ3v) is 6.23. The second kappa shape index (κ2) is 7.80. The van der Waals surface area contributed by atoms with Gasteiger partial charge in [0.1, 0.15) is 17.3 Å². The highest BCUT2D eigenvalue weighted by Crippen LogP contribution is 2.54. The topological polar surface area (TPSA) is 50.7 Å². The van der Waals surface area contributed by atoms with Gasteiger partial charge in [-0.3, -0.25) is 0 Å². The van der Waals surface area contributed by atoms with Crippen molar-refractivity contribution in [2.24, 2.45) is 0 Å². The van der Waals surface area contributed by atoms with E-state index in [0.29, 0.717) is 28.4 Å². The number of fused-ring (bicyclic) bond motifs is 5. The minimum Gasteiger partial charge on any atom is -0.504 e. The Morgan fingerprint density at radius 3 is 2.59 bits per heavy atom. The summed E-state index contributed by atoms with van der Waals surface area (Å²) in [4.78, 5) is 0. The van der Waals surface area contributed by atoms with Gasteiger partial charge in [0, 0.05) is 22.4 Å². The molecule has 0 bridgehead atoms. The summed E-state index contributed by atoms with van der Waals surface area (Å²) in [6.07, 6.45) is 5.73. The van der Waals surface area contributed by atoms with E-state index < -0.39 is 0 Å². The van der Waals surface area contributed by atoms with Gasteiger partial charge in [-0.15, -0.1) is 0 Å². The molecule has 2 aliphatic rings. The van der Waals surface area contributed by atoms with E-state index in [1.54, 1.807) is 24.3 Å². The number of ether oxygens (including phenoxy) is 2. The zero-order chi connectivity index (χ0) is 24.2. The molecule has 34 heavy (non-hydrogen) atoms. The molecule has 0 aliphatic carbocycles. The van der Waals surface area contributed by atoms with Crippen molar-refractivity contribution in [1.82, 2.24) is 0 Å². The predicted molar refractivity (Wildman–Crippen MR) is 136 cm³/mol. The molecule has 0 saturated heterocycles. The lowest BCUT2D eigenvalue weighted by Gasteiger charge is -2.35. The molecular formula is C29H26FNO3. The molecule has 5 heteroatoms. The molecule has 0 aromatic heterocycles. The van der Waals surface area contributed by atoms with Gasteiger partial charge in [0.25, 0.3) is 0 Å². The van der Waals surface area contributed by atoms with Crippen molar-refractivity contribution in [3.63, 3.8) is 0 Å². The lowest BCUT2D eigenvalue weighted by molar-refractivity contribution is 0.371. The lowest BCUT2D eigenvalue weighted by Crippen LogP contribution is -2.32. The van der Waals surface area contributed by atoms with Crippen LogP contribution in [0, 0.1) is 5.82 Å². The van der Waals surface area contributed by atoms with Gasteiger partial charge in [-0.05, 0) is 73.9 Å². The number of hydrogen-bond acceptors (Lipinski definition) is 4. The monoisotopic (exact) mass is 455 g/mol. The SMILES string of the molecule is C=Cc1cc(F)ccc1/C=C1\Oc2ccc(O)c(OC)c2-c2ccc3c(c21)C(C)=CC(C)(C)N3. The van der Waals surface area contributed by atoms with Crippen LogP contribution in [0.15, 0.2) is 55.1 Å². The number of aromatic hydroxyl groups is 1. The fourth-order valence-electron chi connectivity index (χ4n) is 4.94. The van der Waals surface area contributed by atoms with Gasteiger partial charge in [-0.1, -0.05) is 30.9 Å². The molecule has 0 unspecified atom stereocenters. The van der Waals surface area contributed by atoms with Gasteiger partial charge in [-0.25, -0.2) is 4.39 Å². The summed E-state index contributed by atoms with van der Waals surface area (Å²) in [5.74, 6) is 1.27. The molecule has 0 saturated carbocycles. The number of phenols is 1. The summed E-state index contributed by atoms with van der Waals surface area (Å²) in [5, 5.41) is 14.1. The van der Waals surface area contributed by atoms with Gasteiger partial charge in [-0.2, -0.15) is 0 Å². The van der Waals surface area contributed by atoms with Gasteiger partial charge < -0.3 is 19.9 Å². The number of phenolic OH excluding ortho intramolecular Hbond substituents is 1. The number of anilines is 1. The highest BCUT2D eigenvalue weighted by molar-refractivity contribution is 6.02. The van der Waals surface area contributed by atoms with E-state index >= 15 is 0 Å². The second-order valence-electron chi connectivity index (χ2n) is 9.16. The maximum atomic E-state index is 13.9. The van der Waals surface area contributed by atoms with E-state index in [0.717, 1.165) is 33.5 Å². The first-order chi connectivity index (χ1) is 16.2. The Morgan fingerprint density at radius 1 is 1.06 bits per heavy atom. The predicted octanol–water partition coefficient (Wildman–Crippen LogP) is 7.35. The number of allylic oxidation sites excluding steroid dienone is 1. The molecule has 172 valence electrons. The number of benzene rings is 3. The highest BCUT2D eigenvalue weighted by atomic mass is 19.1. The summed E-state index contributed by atoms with van der Waals surface area (Å²) >= 11 is 0. The van der Waals surface area contributed by atoms with Crippen molar-refractivity contribution in [2.45, 2.75) is 26.3 Å². The van der Waals surface area contributed by atoms with Gasteiger partial charge in [0.15, 0.2) is 11.5 Å². The Morgan fingerprint density at radius 2 is 1.85 bits per heavy atom. The van der Waals surface area contributed by atoms with Crippen LogP contribution in [-0.4, -0.2) is 17.8 Å². The molecule has 2 aliphatic heterocycles. The molecule has 0 atom stereocenters. The van der Waals surface area contributed by atoms with Crippen LogP contribution < -0.4 is 14.8 Å². The van der Waals surface area contributed by atoms with Gasteiger partial charge in [0.05, 0.1) is 18.2 Å². The lowest BCUT2D eigenvalue weighted by atomic mass is 9.82. The van der Waals surface area contributed by atoms with E-state index in [1.165, 1.54) is 19.2 Å². The first kappa shape index (κ1) is 21.8. The van der Waals surface area contributed by atoms with Crippen LogP contribution in [-0.2, 0) is 0 Å².